The predicted molar refractivity (Wildman–Crippen MR) is 181 cm³/mol. The lowest BCUT2D eigenvalue weighted by Crippen LogP contribution is -2.02. The molecule has 3 heterocycles. The molecule has 0 spiro atoms. The smallest absolute Gasteiger partial charge is 0.137 e. The maximum absolute atomic E-state index is 6.93. The zero-order valence-electron chi connectivity index (χ0n) is 23.9. The number of benzene rings is 5. The van der Waals surface area contributed by atoms with Crippen molar-refractivity contribution < 1.29 is 0 Å². The zero-order valence-corrected chi connectivity index (χ0v) is 23.9. The van der Waals surface area contributed by atoms with Gasteiger partial charge in [0, 0.05) is 33.7 Å². The van der Waals surface area contributed by atoms with E-state index in [1.807, 2.05) is 79.0 Å². The maximum atomic E-state index is 6.93. The van der Waals surface area contributed by atoms with Gasteiger partial charge in [-0.15, -0.1) is 0 Å². The Balaban J connectivity index is 0.000000379. The number of aryl methyl sites for hydroxylation is 1. The van der Waals surface area contributed by atoms with Crippen molar-refractivity contribution in [2.24, 2.45) is 0 Å². The lowest BCUT2D eigenvalue weighted by atomic mass is 10.1. The molecular weight excluding hydrogens is 526 g/mol. The summed E-state index contributed by atoms with van der Waals surface area (Å²) in [5.41, 5.74) is 14.4. The minimum Gasteiger partial charge on any atom is -0.383 e. The fraction of sp³-hybridized carbons (Fsp3) is 0.0263. The molecule has 0 radical (unpaired) electrons. The number of pyridine rings is 1. The summed E-state index contributed by atoms with van der Waals surface area (Å²) in [5.74, 6) is 1.55. The van der Waals surface area contributed by atoms with Crippen molar-refractivity contribution in [2.75, 3.05) is 11.1 Å². The molecule has 0 saturated heterocycles. The van der Waals surface area contributed by atoms with Crippen molar-refractivity contribution in [3.05, 3.63) is 157 Å². The minimum absolute atomic E-state index is 0.669. The Kier molecular flexibility index (Phi) is 6.82. The van der Waals surface area contributed by atoms with Gasteiger partial charge in [0.25, 0.3) is 0 Å². The van der Waals surface area contributed by atoms with E-state index in [1.54, 1.807) is 0 Å². The molecule has 0 aliphatic rings. The fourth-order valence-corrected chi connectivity index (χ4v) is 5.76. The summed E-state index contributed by atoms with van der Waals surface area (Å²) in [6.45, 7) is 2.08. The van der Waals surface area contributed by atoms with Crippen molar-refractivity contribution in [3.8, 4) is 11.5 Å². The first-order valence-corrected chi connectivity index (χ1v) is 14.4. The highest BCUT2D eigenvalue weighted by Gasteiger charge is 2.23. The van der Waals surface area contributed by atoms with Crippen LogP contribution in [0.15, 0.2) is 152 Å². The number of fused-ring (bicyclic) bond motifs is 5. The highest BCUT2D eigenvalue weighted by Crippen LogP contribution is 2.44. The first-order valence-electron chi connectivity index (χ1n) is 14.4. The SMILES string of the molecule is Cc1ccccc1.Nc1c(Nc2ccccc2)c2ccc3c(c4ccccc4n3-c3ccccn3)c2n1-c1ccccc1. The van der Waals surface area contributed by atoms with Crippen molar-refractivity contribution in [3.63, 3.8) is 0 Å². The number of hydrogen-bond acceptors (Lipinski definition) is 3. The predicted octanol–water partition coefficient (Wildman–Crippen LogP) is 9.44. The van der Waals surface area contributed by atoms with Crippen LogP contribution in [0, 0.1) is 6.92 Å². The van der Waals surface area contributed by atoms with Crippen LogP contribution in [0.4, 0.5) is 17.2 Å². The number of nitrogens with one attached hydrogen (secondary N) is 1. The summed E-state index contributed by atoms with van der Waals surface area (Å²) in [5, 5.41) is 6.96. The third kappa shape index (κ3) is 4.77. The van der Waals surface area contributed by atoms with E-state index in [9.17, 15) is 0 Å². The van der Waals surface area contributed by atoms with Gasteiger partial charge < -0.3 is 11.1 Å². The van der Waals surface area contributed by atoms with E-state index in [0.29, 0.717) is 5.82 Å². The summed E-state index contributed by atoms with van der Waals surface area (Å²) in [7, 11) is 0. The van der Waals surface area contributed by atoms with Gasteiger partial charge in [-0.25, -0.2) is 4.98 Å². The molecule has 0 aliphatic heterocycles. The number of hydrogen-bond donors (Lipinski definition) is 2. The fourth-order valence-electron chi connectivity index (χ4n) is 5.76. The largest absolute Gasteiger partial charge is 0.383 e. The molecule has 0 aliphatic carbocycles. The molecule has 0 fully saturated rings. The number of anilines is 3. The van der Waals surface area contributed by atoms with Crippen molar-refractivity contribution in [1.29, 1.82) is 0 Å². The number of nitrogens with two attached hydrogens (primary N) is 1. The van der Waals surface area contributed by atoms with E-state index in [4.69, 9.17) is 5.73 Å². The lowest BCUT2D eigenvalue weighted by molar-refractivity contribution is 1.08. The molecule has 208 valence electrons. The quantitative estimate of drug-likeness (QED) is 0.227. The first kappa shape index (κ1) is 26.1. The molecule has 5 nitrogen and oxygen atoms in total. The highest BCUT2D eigenvalue weighted by atomic mass is 15.1. The van der Waals surface area contributed by atoms with E-state index in [1.165, 1.54) is 5.56 Å². The van der Waals surface area contributed by atoms with Crippen LogP contribution in [0.25, 0.3) is 44.2 Å². The lowest BCUT2D eigenvalue weighted by Gasteiger charge is -2.10. The third-order valence-electron chi connectivity index (χ3n) is 7.68. The molecule has 3 N–H and O–H groups in total. The molecule has 8 aromatic rings. The Hall–Kier alpha value is -5.81. The molecule has 0 amide bonds. The molecular formula is C38H31N5. The third-order valence-corrected chi connectivity index (χ3v) is 7.68. The van der Waals surface area contributed by atoms with Crippen LogP contribution in [0.2, 0.25) is 0 Å². The number of nitrogen functional groups attached to an aromatic ring is 1. The van der Waals surface area contributed by atoms with Crippen LogP contribution in [-0.2, 0) is 0 Å². The number of aromatic nitrogens is 3. The topological polar surface area (TPSA) is 60.8 Å². The van der Waals surface area contributed by atoms with Gasteiger partial charge in [-0.1, -0.05) is 96.6 Å². The first-order chi connectivity index (χ1) is 21.2. The van der Waals surface area contributed by atoms with Crippen LogP contribution in [0.5, 0.6) is 0 Å². The Bertz CT molecular complexity index is 2150. The molecule has 0 saturated carbocycles. The Labute approximate surface area is 250 Å². The molecule has 3 aromatic heterocycles. The van der Waals surface area contributed by atoms with E-state index < -0.39 is 0 Å². The second-order valence-corrected chi connectivity index (χ2v) is 10.5. The van der Waals surface area contributed by atoms with Gasteiger partial charge in [0.2, 0.25) is 0 Å². The summed E-state index contributed by atoms with van der Waals surface area (Å²) in [6, 6.07) is 49.6. The van der Waals surface area contributed by atoms with E-state index in [-0.39, 0.29) is 0 Å². The van der Waals surface area contributed by atoms with Crippen LogP contribution < -0.4 is 11.1 Å². The Morgan fingerprint density at radius 1 is 0.581 bits per heavy atom. The van der Waals surface area contributed by atoms with Gasteiger partial charge in [0.1, 0.15) is 11.6 Å². The van der Waals surface area contributed by atoms with Gasteiger partial charge in [0.05, 0.1) is 22.2 Å². The maximum Gasteiger partial charge on any atom is 0.137 e. The Morgan fingerprint density at radius 3 is 1.91 bits per heavy atom. The van der Waals surface area contributed by atoms with Crippen molar-refractivity contribution >= 4 is 49.9 Å². The average Bonchev–Trinajstić information content (AvgIpc) is 3.54. The molecule has 8 rings (SSSR count). The summed E-state index contributed by atoms with van der Waals surface area (Å²) < 4.78 is 4.39. The Morgan fingerprint density at radius 2 is 1.23 bits per heavy atom. The van der Waals surface area contributed by atoms with Gasteiger partial charge >= 0.3 is 0 Å². The van der Waals surface area contributed by atoms with Crippen LogP contribution in [-0.4, -0.2) is 14.1 Å². The summed E-state index contributed by atoms with van der Waals surface area (Å²) >= 11 is 0. The number of para-hydroxylation sites is 3. The normalized spacial score (nSPS) is 11.0. The highest BCUT2D eigenvalue weighted by molar-refractivity contribution is 6.24. The second-order valence-electron chi connectivity index (χ2n) is 10.5. The molecule has 5 heteroatoms. The molecule has 5 aromatic carbocycles. The molecule has 0 bridgehead atoms. The zero-order chi connectivity index (χ0) is 29.2. The molecule has 43 heavy (non-hydrogen) atoms. The van der Waals surface area contributed by atoms with Crippen molar-refractivity contribution in [2.45, 2.75) is 6.92 Å². The van der Waals surface area contributed by atoms with E-state index in [2.05, 4.69) is 99.2 Å². The average molecular weight is 558 g/mol. The number of nitrogens with zero attached hydrogens (tertiary/aromatic N) is 3. The van der Waals surface area contributed by atoms with Gasteiger partial charge in [-0.05, 0) is 61.5 Å². The summed E-state index contributed by atoms with van der Waals surface area (Å²) in [6.07, 6.45) is 1.83. The number of rotatable bonds is 4. The monoisotopic (exact) mass is 557 g/mol. The van der Waals surface area contributed by atoms with Crippen LogP contribution >= 0.6 is 0 Å². The van der Waals surface area contributed by atoms with Crippen LogP contribution in [0.1, 0.15) is 5.56 Å². The van der Waals surface area contributed by atoms with Crippen molar-refractivity contribution in [1.82, 2.24) is 14.1 Å². The minimum atomic E-state index is 0.669. The molecule has 0 atom stereocenters. The van der Waals surface area contributed by atoms with E-state index >= 15 is 0 Å². The summed E-state index contributed by atoms with van der Waals surface area (Å²) in [4.78, 5) is 4.68. The van der Waals surface area contributed by atoms with E-state index in [0.717, 1.165) is 55.6 Å². The standard InChI is InChI=1S/C31H23N5.C7H8/c32-31-29(34-21-11-3-1-4-12-21)24-18-19-26-28(30(24)35(31)22-13-5-2-6-14-22)23-15-7-8-16-25(23)36(26)27-17-9-10-20-33-27;1-7-5-3-2-4-6-7/h1-20,34H,32H2;2-6H,1H3. The second kappa shape index (κ2) is 11.2. The van der Waals surface area contributed by atoms with Gasteiger partial charge in [-0.3, -0.25) is 9.13 Å². The van der Waals surface area contributed by atoms with Gasteiger partial charge in [-0.2, -0.15) is 0 Å². The van der Waals surface area contributed by atoms with Crippen LogP contribution in [0.3, 0.4) is 0 Å². The van der Waals surface area contributed by atoms with Gasteiger partial charge in [0.15, 0.2) is 0 Å². The molecule has 0 unspecified atom stereocenters.